The number of rotatable bonds is 6. The summed E-state index contributed by atoms with van der Waals surface area (Å²) in [6.45, 7) is 3.22. The molecule has 27 heavy (non-hydrogen) atoms. The van der Waals surface area contributed by atoms with Crippen molar-refractivity contribution in [3.05, 3.63) is 78.1 Å². The highest BCUT2D eigenvalue weighted by atomic mass is 32.2. The second kappa shape index (κ2) is 8.74. The third-order valence-corrected chi connectivity index (χ3v) is 6.24. The number of aromatic nitrogens is 1. The number of hydrogen-bond acceptors (Lipinski definition) is 5. The normalized spacial score (nSPS) is 12.7. The number of unbranched alkanes of at least 4 members (excludes halogenated alkanes) is 1. The van der Waals surface area contributed by atoms with Crippen molar-refractivity contribution < 1.29 is 0 Å². The smallest absolute Gasteiger partial charge is 0.0794 e. The highest BCUT2D eigenvalue weighted by molar-refractivity contribution is 7.99. The van der Waals surface area contributed by atoms with Gasteiger partial charge in [0.15, 0.2) is 0 Å². The van der Waals surface area contributed by atoms with Gasteiger partial charge in [0.2, 0.25) is 0 Å². The summed E-state index contributed by atoms with van der Waals surface area (Å²) in [6.07, 6.45) is 6.16. The van der Waals surface area contributed by atoms with Gasteiger partial charge in [-0.25, -0.2) is 4.99 Å². The van der Waals surface area contributed by atoms with E-state index in [1.165, 1.54) is 17.7 Å². The third-order valence-electron chi connectivity index (χ3n) is 4.29. The van der Waals surface area contributed by atoms with E-state index in [9.17, 15) is 0 Å². The van der Waals surface area contributed by atoms with Gasteiger partial charge in [-0.2, -0.15) is 0 Å². The zero-order chi connectivity index (χ0) is 18.5. The SMILES string of the molecule is CCCCNSc1ccc2c(c1)N=C(c1ccccc1)c1ccncc1S2. The quantitative estimate of drug-likeness (QED) is 0.318. The van der Waals surface area contributed by atoms with Crippen molar-refractivity contribution in [1.82, 2.24) is 9.71 Å². The molecule has 3 aromatic rings. The van der Waals surface area contributed by atoms with Gasteiger partial charge in [0.25, 0.3) is 0 Å². The minimum Gasteiger partial charge on any atom is -0.264 e. The monoisotopic (exact) mass is 391 g/mol. The van der Waals surface area contributed by atoms with E-state index in [2.05, 4.69) is 65.2 Å². The van der Waals surface area contributed by atoms with Crippen molar-refractivity contribution in [3.8, 4) is 0 Å². The summed E-state index contributed by atoms with van der Waals surface area (Å²) in [4.78, 5) is 12.9. The molecule has 0 fully saturated rings. The lowest BCUT2D eigenvalue weighted by Crippen LogP contribution is -2.04. The second-order valence-corrected chi connectivity index (χ2v) is 8.33. The zero-order valence-corrected chi connectivity index (χ0v) is 16.8. The van der Waals surface area contributed by atoms with Crippen molar-refractivity contribution in [2.75, 3.05) is 6.54 Å². The van der Waals surface area contributed by atoms with E-state index in [0.717, 1.165) is 38.9 Å². The molecule has 3 nitrogen and oxygen atoms in total. The first kappa shape index (κ1) is 18.3. The largest absolute Gasteiger partial charge is 0.264 e. The summed E-state index contributed by atoms with van der Waals surface area (Å²) in [5, 5.41) is 0. The molecule has 1 aromatic heterocycles. The van der Waals surface area contributed by atoms with Crippen LogP contribution in [0.5, 0.6) is 0 Å². The fraction of sp³-hybridized carbons (Fsp3) is 0.182. The molecule has 5 heteroatoms. The maximum Gasteiger partial charge on any atom is 0.0794 e. The van der Waals surface area contributed by atoms with Gasteiger partial charge in [-0.1, -0.05) is 55.4 Å². The van der Waals surface area contributed by atoms with Crippen molar-refractivity contribution in [3.63, 3.8) is 0 Å². The summed E-state index contributed by atoms with van der Waals surface area (Å²) in [6, 6.07) is 18.9. The molecule has 1 aliphatic heterocycles. The van der Waals surface area contributed by atoms with E-state index in [-0.39, 0.29) is 0 Å². The number of benzene rings is 2. The summed E-state index contributed by atoms with van der Waals surface area (Å²) < 4.78 is 3.44. The number of pyridine rings is 1. The molecular formula is C22H21N3S2. The molecule has 0 radical (unpaired) electrons. The van der Waals surface area contributed by atoms with E-state index in [1.807, 2.05) is 18.5 Å². The van der Waals surface area contributed by atoms with Crippen LogP contribution in [-0.4, -0.2) is 17.2 Å². The molecule has 0 bridgehead atoms. The Kier molecular flexibility index (Phi) is 5.92. The van der Waals surface area contributed by atoms with Gasteiger partial charge in [0.1, 0.15) is 0 Å². The van der Waals surface area contributed by atoms with Crippen LogP contribution in [0.25, 0.3) is 0 Å². The number of nitrogens with one attached hydrogen (secondary N) is 1. The molecule has 0 atom stereocenters. The Morgan fingerprint density at radius 2 is 1.93 bits per heavy atom. The highest BCUT2D eigenvalue weighted by Gasteiger charge is 2.19. The van der Waals surface area contributed by atoms with E-state index in [0.29, 0.717) is 0 Å². The van der Waals surface area contributed by atoms with Gasteiger partial charge >= 0.3 is 0 Å². The van der Waals surface area contributed by atoms with Crippen LogP contribution in [0.4, 0.5) is 5.69 Å². The topological polar surface area (TPSA) is 37.3 Å². The molecule has 0 aliphatic carbocycles. The molecule has 1 aliphatic rings. The fourth-order valence-electron chi connectivity index (χ4n) is 2.89. The van der Waals surface area contributed by atoms with Crippen molar-refractivity contribution >= 4 is 35.1 Å². The van der Waals surface area contributed by atoms with Crippen molar-refractivity contribution in [2.24, 2.45) is 4.99 Å². The lowest BCUT2D eigenvalue weighted by Gasteiger charge is -2.08. The highest BCUT2D eigenvalue weighted by Crippen LogP contribution is 2.42. The predicted octanol–water partition coefficient (Wildman–Crippen LogP) is 6.11. The van der Waals surface area contributed by atoms with Gasteiger partial charge in [0.05, 0.1) is 11.4 Å². The van der Waals surface area contributed by atoms with Crippen LogP contribution in [0.3, 0.4) is 0 Å². The van der Waals surface area contributed by atoms with E-state index in [4.69, 9.17) is 4.99 Å². The second-order valence-electron chi connectivity index (χ2n) is 6.28. The van der Waals surface area contributed by atoms with Gasteiger partial charge in [-0.05, 0) is 42.6 Å². The van der Waals surface area contributed by atoms with Crippen LogP contribution in [0.1, 0.15) is 30.9 Å². The Morgan fingerprint density at radius 1 is 1.04 bits per heavy atom. The van der Waals surface area contributed by atoms with Crippen LogP contribution < -0.4 is 4.72 Å². The molecule has 0 unspecified atom stereocenters. The molecule has 0 saturated carbocycles. The summed E-state index contributed by atoms with van der Waals surface area (Å²) in [5.41, 5.74) is 4.27. The van der Waals surface area contributed by atoms with E-state index < -0.39 is 0 Å². The molecule has 2 heterocycles. The summed E-state index contributed by atoms with van der Waals surface area (Å²) in [5.74, 6) is 0. The number of fused-ring (bicyclic) bond motifs is 2. The molecule has 0 spiro atoms. The van der Waals surface area contributed by atoms with Crippen LogP contribution >= 0.6 is 23.7 Å². The van der Waals surface area contributed by atoms with Crippen LogP contribution in [-0.2, 0) is 0 Å². The van der Waals surface area contributed by atoms with Crippen LogP contribution in [0.15, 0.2) is 86.7 Å². The molecular weight excluding hydrogens is 370 g/mol. The van der Waals surface area contributed by atoms with Crippen LogP contribution in [0, 0.1) is 0 Å². The van der Waals surface area contributed by atoms with Crippen LogP contribution in [0.2, 0.25) is 0 Å². The van der Waals surface area contributed by atoms with Gasteiger partial charge in [-0.15, -0.1) is 0 Å². The Labute approximate surface area is 168 Å². The molecule has 0 saturated heterocycles. The summed E-state index contributed by atoms with van der Waals surface area (Å²) in [7, 11) is 0. The number of aliphatic imine (C=N–C) groups is 1. The molecule has 1 N–H and O–H groups in total. The first-order valence-corrected chi connectivity index (χ1v) is 10.8. The van der Waals surface area contributed by atoms with Crippen molar-refractivity contribution in [1.29, 1.82) is 0 Å². The average molecular weight is 392 g/mol. The Balaban J connectivity index is 1.73. The first-order chi connectivity index (χ1) is 13.3. The van der Waals surface area contributed by atoms with Gasteiger partial charge in [-0.3, -0.25) is 9.71 Å². The minimum absolute atomic E-state index is 1.00. The standard InChI is InChI=1S/C22H21N3S2/c1-2-3-12-24-27-17-9-10-20-19(14-17)25-22(16-7-5-4-6-8-16)18-11-13-23-15-21(18)26-20/h4-11,13-15,24H,2-3,12H2,1H3. The molecule has 0 amide bonds. The number of hydrogen-bond donors (Lipinski definition) is 1. The number of nitrogens with zero attached hydrogens (tertiary/aromatic N) is 2. The van der Waals surface area contributed by atoms with E-state index in [1.54, 1.807) is 23.7 Å². The Bertz CT molecular complexity index is 955. The molecule has 4 rings (SSSR count). The lowest BCUT2D eigenvalue weighted by molar-refractivity contribution is 0.776. The molecule has 2 aromatic carbocycles. The summed E-state index contributed by atoms with van der Waals surface area (Å²) >= 11 is 3.42. The van der Waals surface area contributed by atoms with E-state index >= 15 is 0 Å². The van der Waals surface area contributed by atoms with Gasteiger partial charge in [0, 0.05) is 44.8 Å². The maximum atomic E-state index is 5.08. The average Bonchev–Trinajstić information content (AvgIpc) is 2.88. The van der Waals surface area contributed by atoms with Gasteiger partial charge < -0.3 is 0 Å². The zero-order valence-electron chi connectivity index (χ0n) is 15.2. The predicted molar refractivity (Wildman–Crippen MR) is 115 cm³/mol. The Morgan fingerprint density at radius 3 is 2.78 bits per heavy atom. The van der Waals surface area contributed by atoms with Crippen molar-refractivity contribution in [2.45, 2.75) is 34.5 Å². The lowest BCUT2D eigenvalue weighted by atomic mass is 10.0. The fourth-order valence-corrected chi connectivity index (χ4v) is 4.58. The Hall–Kier alpha value is -2.08. The maximum absolute atomic E-state index is 5.08. The third kappa shape index (κ3) is 4.26. The first-order valence-electron chi connectivity index (χ1n) is 9.15. The minimum atomic E-state index is 1.00. The molecule has 136 valence electrons.